The number of carbonyl (C=O) groups is 1. The van der Waals surface area contributed by atoms with Gasteiger partial charge in [0.05, 0.1) is 16.9 Å². The zero-order valence-electron chi connectivity index (χ0n) is 10.8. The predicted molar refractivity (Wildman–Crippen MR) is 66.6 cm³/mol. The molecule has 1 saturated carbocycles. The van der Waals surface area contributed by atoms with Crippen LogP contribution in [0.4, 0.5) is 0 Å². The summed E-state index contributed by atoms with van der Waals surface area (Å²) in [4.78, 5) is 11.2. The van der Waals surface area contributed by atoms with Crippen LogP contribution >= 0.6 is 0 Å². The maximum atomic E-state index is 12.1. The normalized spacial score (nSPS) is 28.9. The Morgan fingerprint density at radius 1 is 1.41 bits per heavy atom. The van der Waals surface area contributed by atoms with E-state index in [9.17, 15) is 13.2 Å². The molecule has 0 spiro atoms. The van der Waals surface area contributed by atoms with Gasteiger partial charge < -0.3 is 5.11 Å². The average molecular weight is 262 g/mol. The van der Waals surface area contributed by atoms with Crippen molar-refractivity contribution < 1.29 is 18.3 Å². The third-order valence-electron chi connectivity index (χ3n) is 3.60. The molecule has 0 heterocycles. The van der Waals surface area contributed by atoms with Gasteiger partial charge >= 0.3 is 5.97 Å². The molecule has 2 atom stereocenters. The molecule has 2 unspecified atom stereocenters. The topological polar surface area (TPSA) is 71.4 Å². The minimum Gasteiger partial charge on any atom is -0.481 e. The summed E-state index contributed by atoms with van der Waals surface area (Å²) in [5, 5.41) is 8.44. The van der Waals surface area contributed by atoms with Gasteiger partial charge in [-0.15, -0.1) is 0 Å². The second kappa shape index (κ2) is 4.96. The Balaban J connectivity index is 3.00. The Labute approximate surface area is 103 Å². The van der Waals surface area contributed by atoms with E-state index in [1.54, 1.807) is 6.92 Å². The van der Waals surface area contributed by atoms with Gasteiger partial charge in [-0.2, -0.15) is 0 Å². The highest BCUT2D eigenvalue weighted by molar-refractivity contribution is 7.92. The van der Waals surface area contributed by atoms with Crippen molar-refractivity contribution in [1.29, 1.82) is 0 Å². The summed E-state index contributed by atoms with van der Waals surface area (Å²) in [6.07, 6.45) is 2.26. The first kappa shape index (κ1) is 14.5. The van der Waals surface area contributed by atoms with Crippen molar-refractivity contribution in [3.8, 4) is 0 Å². The summed E-state index contributed by atoms with van der Waals surface area (Å²) >= 11 is 0. The van der Waals surface area contributed by atoms with Crippen LogP contribution in [0.5, 0.6) is 0 Å². The molecule has 4 nitrogen and oxygen atoms in total. The molecule has 17 heavy (non-hydrogen) atoms. The van der Waals surface area contributed by atoms with Gasteiger partial charge in [0.1, 0.15) is 0 Å². The molecular weight excluding hydrogens is 240 g/mol. The van der Waals surface area contributed by atoms with Crippen molar-refractivity contribution in [3.63, 3.8) is 0 Å². The molecule has 0 aromatic heterocycles. The lowest BCUT2D eigenvalue weighted by atomic mass is 9.73. The van der Waals surface area contributed by atoms with Crippen LogP contribution < -0.4 is 0 Å². The van der Waals surface area contributed by atoms with Crippen LogP contribution in [0.15, 0.2) is 0 Å². The standard InChI is InChI=1S/C12H22O4S/c1-4-7-17(15,16)10-8-12(2,3)6-5-9(10)11(13)14/h9-10H,4-8H2,1-3H3,(H,13,14). The lowest BCUT2D eigenvalue weighted by Crippen LogP contribution is -2.43. The fourth-order valence-corrected chi connectivity index (χ4v) is 4.95. The summed E-state index contributed by atoms with van der Waals surface area (Å²) in [6, 6.07) is 0. The molecule has 1 N–H and O–H groups in total. The van der Waals surface area contributed by atoms with Gasteiger partial charge in [0.2, 0.25) is 0 Å². The lowest BCUT2D eigenvalue weighted by molar-refractivity contribution is -0.143. The minimum absolute atomic E-state index is 0.0720. The Morgan fingerprint density at radius 3 is 2.47 bits per heavy atom. The Kier molecular flexibility index (Phi) is 4.23. The highest BCUT2D eigenvalue weighted by atomic mass is 32.2. The number of aliphatic carboxylic acids is 1. The van der Waals surface area contributed by atoms with Crippen molar-refractivity contribution in [1.82, 2.24) is 0 Å². The highest BCUT2D eigenvalue weighted by Crippen LogP contribution is 2.41. The number of sulfone groups is 1. The van der Waals surface area contributed by atoms with Gasteiger partial charge in [-0.3, -0.25) is 4.79 Å². The highest BCUT2D eigenvalue weighted by Gasteiger charge is 2.44. The van der Waals surface area contributed by atoms with Crippen LogP contribution in [0, 0.1) is 11.3 Å². The molecule has 100 valence electrons. The molecule has 0 bridgehead atoms. The van der Waals surface area contributed by atoms with Crippen molar-refractivity contribution >= 4 is 15.8 Å². The third-order valence-corrected chi connectivity index (χ3v) is 6.00. The first-order valence-electron chi connectivity index (χ1n) is 6.14. The summed E-state index contributed by atoms with van der Waals surface area (Å²) in [7, 11) is -3.28. The minimum atomic E-state index is -3.28. The third kappa shape index (κ3) is 3.44. The van der Waals surface area contributed by atoms with Gasteiger partial charge in [-0.1, -0.05) is 20.8 Å². The van der Waals surface area contributed by atoms with Crippen LogP contribution in [-0.4, -0.2) is 30.5 Å². The molecule has 0 aromatic carbocycles. The molecule has 1 fully saturated rings. The van der Waals surface area contributed by atoms with Crippen LogP contribution in [0.1, 0.15) is 46.5 Å². The van der Waals surface area contributed by atoms with Crippen molar-refractivity contribution in [3.05, 3.63) is 0 Å². The van der Waals surface area contributed by atoms with Gasteiger partial charge in [0.15, 0.2) is 9.84 Å². The summed E-state index contributed by atoms with van der Waals surface area (Å²) < 4.78 is 24.2. The average Bonchev–Trinajstić information content (AvgIpc) is 2.15. The second-order valence-electron chi connectivity index (χ2n) is 5.76. The van der Waals surface area contributed by atoms with E-state index in [1.807, 2.05) is 13.8 Å². The van der Waals surface area contributed by atoms with Crippen LogP contribution in [0.3, 0.4) is 0 Å². The molecule has 0 saturated heterocycles. The summed E-state index contributed by atoms with van der Waals surface area (Å²) in [5.74, 6) is -1.60. The number of carboxylic acids is 1. The van der Waals surface area contributed by atoms with Gasteiger partial charge in [0, 0.05) is 0 Å². The fraction of sp³-hybridized carbons (Fsp3) is 0.917. The molecular formula is C12H22O4S. The van der Waals surface area contributed by atoms with Crippen LogP contribution in [0.25, 0.3) is 0 Å². The van der Waals surface area contributed by atoms with Crippen molar-refractivity contribution in [2.24, 2.45) is 11.3 Å². The molecule has 1 aliphatic rings. The van der Waals surface area contributed by atoms with Crippen LogP contribution in [-0.2, 0) is 14.6 Å². The molecule has 0 aromatic rings. The number of rotatable bonds is 4. The molecule has 0 aliphatic heterocycles. The largest absolute Gasteiger partial charge is 0.481 e. The fourth-order valence-electron chi connectivity index (χ4n) is 2.62. The van der Waals surface area contributed by atoms with E-state index in [-0.39, 0.29) is 11.2 Å². The maximum absolute atomic E-state index is 12.1. The molecule has 1 aliphatic carbocycles. The Hall–Kier alpha value is -0.580. The monoisotopic (exact) mass is 262 g/mol. The van der Waals surface area contributed by atoms with E-state index in [2.05, 4.69) is 0 Å². The van der Waals surface area contributed by atoms with Gasteiger partial charge in [0.25, 0.3) is 0 Å². The van der Waals surface area contributed by atoms with E-state index < -0.39 is 27.0 Å². The van der Waals surface area contributed by atoms with E-state index in [1.165, 1.54) is 0 Å². The molecule has 0 radical (unpaired) electrons. The SMILES string of the molecule is CCCS(=O)(=O)C1CC(C)(C)CCC1C(=O)O. The Bertz CT molecular complexity index is 383. The zero-order chi connectivity index (χ0) is 13.3. The maximum Gasteiger partial charge on any atom is 0.307 e. The summed E-state index contributed by atoms with van der Waals surface area (Å²) in [6.45, 7) is 5.83. The van der Waals surface area contributed by atoms with Gasteiger partial charge in [-0.25, -0.2) is 8.42 Å². The Morgan fingerprint density at radius 2 is 2.00 bits per heavy atom. The van der Waals surface area contributed by atoms with E-state index in [0.29, 0.717) is 19.3 Å². The van der Waals surface area contributed by atoms with E-state index in [4.69, 9.17) is 5.11 Å². The molecule has 0 amide bonds. The van der Waals surface area contributed by atoms with E-state index >= 15 is 0 Å². The van der Waals surface area contributed by atoms with Crippen molar-refractivity contribution in [2.75, 3.05) is 5.75 Å². The van der Waals surface area contributed by atoms with Gasteiger partial charge in [-0.05, 0) is 31.1 Å². The number of carboxylic acid groups (broad SMARTS) is 1. The quantitative estimate of drug-likeness (QED) is 0.842. The van der Waals surface area contributed by atoms with Crippen molar-refractivity contribution in [2.45, 2.75) is 51.7 Å². The van der Waals surface area contributed by atoms with E-state index in [0.717, 1.165) is 6.42 Å². The number of hydrogen-bond donors (Lipinski definition) is 1. The lowest BCUT2D eigenvalue weighted by Gasteiger charge is -2.38. The smallest absolute Gasteiger partial charge is 0.307 e. The molecule has 5 heteroatoms. The number of hydrogen-bond acceptors (Lipinski definition) is 3. The second-order valence-corrected chi connectivity index (χ2v) is 8.10. The first-order chi connectivity index (χ1) is 7.69. The molecule has 1 rings (SSSR count). The first-order valence-corrected chi connectivity index (χ1v) is 7.85. The van der Waals surface area contributed by atoms with Crippen LogP contribution in [0.2, 0.25) is 0 Å². The zero-order valence-corrected chi connectivity index (χ0v) is 11.6. The predicted octanol–water partition coefficient (Wildman–Crippen LogP) is 2.09. The summed E-state index contributed by atoms with van der Waals surface area (Å²) in [5.41, 5.74) is -0.0720.